The van der Waals surface area contributed by atoms with Gasteiger partial charge in [0.2, 0.25) is 0 Å². The number of hydrogen-bond donors (Lipinski definition) is 1. The number of carbonyl (C=O) groups excluding carboxylic acids is 1. The van der Waals surface area contributed by atoms with Crippen molar-refractivity contribution in [2.24, 2.45) is 0 Å². The maximum absolute atomic E-state index is 12.9. The molecule has 1 aromatic heterocycles. The van der Waals surface area contributed by atoms with Crippen LogP contribution in [0.2, 0.25) is 10.0 Å². The highest BCUT2D eigenvalue weighted by Crippen LogP contribution is 2.26. The van der Waals surface area contributed by atoms with Gasteiger partial charge in [-0.1, -0.05) is 29.3 Å². The van der Waals surface area contributed by atoms with Crippen molar-refractivity contribution in [2.45, 2.75) is 18.4 Å². The Morgan fingerprint density at radius 1 is 1.03 bits per heavy atom. The van der Waals surface area contributed by atoms with E-state index in [0.717, 1.165) is 11.1 Å². The Hall–Kier alpha value is -2.61. The molecule has 0 radical (unpaired) electrons. The van der Waals surface area contributed by atoms with Crippen LogP contribution in [-0.2, 0) is 16.6 Å². The molecule has 1 heterocycles. The molecule has 0 aliphatic heterocycles. The number of nitrogens with one attached hydrogen (secondary N) is 1. The molecule has 9 heteroatoms. The van der Waals surface area contributed by atoms with Gasteiger partial charge in [-0.25, -0.2) is 8.42 Å². The molecule has 0 aliphatic carbocycles. The van der Waals surface area contributed by atoms with E-state index in [1.165, 1.54) is 29.2 Å². The molecule has 0 aliphatic rings. The number of aryl methyl sites for hydroxylation is 1. The number of sulfonamides is 1. The van der Waals surface area contributed by atoms with Gasteiger partial charge in [-0.05, 0) is 60.5 Å². The summed E-state index contributed by atoms with van der Waals surface area (Å²) in [6, 6.07) is 12.5. The number of aromatic nitrogens is 1. The van der Waals surface area contributed by atoms with Crippen LogP contribution in [0.1, 0.15) is 21.5 Å². The Balaban J connectivity index is 1.86. The fraction of sp³-hybridized carbons (Fsp3) is 0.143. The first-order chi connectivity index (χ1) is 14.2. The van der Waals surface area contributed by atoms with Gasteiger partial charge in [-0.2, -0.15) is 0 Å². The number of nitrogens with zero attached hydrogens (tertiary/aromatic N) is 2. The van der Waals surface area contributed by atoms with Gasteiger partial charge in [0.05, 0.1) is 21.2 Å². The topological polar surface area (TPSA) is 79.4 Å². The molecule has 3 aromatic rings. The molecule has 0 atom stereocenters. The highest BCUT2D eigenvalue weighted by Gasteiger charge is 2.21. The minimum absolute atomic E-state index is 0.0794. The third kappa shape index (κ3) is 5.11. The first-order valence-electron chi connectivity index (χ1n) is 8.90. The van der Waals surface area contributed by atoms with Gasteiger partial charge in [0.1, 0.15) is 0 Å². The summed E-state index contributed by atoms with van der Waals surface area (Å²) in [7, 11) is -2.33. The lowest BCUT2D eigenvalue weighted by molar-refractivity contribution is 0.0785. The SMILES string of the molecule is Cc1ccc(NS(=O)(=O)c2ccc(Cl)c(C(=O)N(C)Cc3ccncc3)c2)cc1Cl. The number of hydrogen-bond acceptors (Lipinski definition) is 4. The lowest BCUT2D eigenvalue weighted by Gasteiger charge is -2.18. The van der Waals surface area contributed by atoms with E-state index in [1.54, 1.807) is 43.7 Å². The van der Waals surface area contributed by atoms with Crippen LogP contribution < -0.4 is 4.72 Å². The number of pyridine rings is 1. The Morgan fingerprint density at radius 2 is 1.73 bits per heavy atom. The van der Waals surface area contributed by atoms with Crippen LogP contribution in [-0.4, -0.2) is 31.3 Å². The first-order valence-corrected chi connectivity index (χ1v) is 11.1. The molecular weight excluding hydrogens is 445 g/mol. The molecule has 0 saturated carbocycles. The van der Waals surface area contributed by atoms with Crippen LogP contribution in [0.25, 0.3) is 0 Å². The van der Waals surface area contributed by atoms with Crippen molar-refractivity contribution < 1.29 is 13.2 Å². The van der Waals surface area contributed by atoms with Crippen molar-refractivity contribution in [3.8, 4) is 0 Å². The van der Waals surface area contributed by atoms with Crippen molar-refractivity contribution in [1.82, 2.24) is 9.88 Å². The van der Waals surface area contributed by atoms with Crippen LogP contribution >= 0.6 is 23.2 Å². The summed E-state index contributed by atoms with van der Waals surface area (Å²) in [5.74, 6) is -0.396. The molecular formula is C21H19Cl2N3O3S. The molecule has 6 nitrogen and oxygen atoms in total. The zero-order chi connectivity index (χ0) is 21.9. The van der Waals surface area contributed by atoms with Crippen molar-refractivity contribution >= 4 is 44.8 Å². The number of halogens is 2. The van der Waals surface area contributed by atoms with Crippen molar-refractivity contribution in [1.29, 1.82) is 0 Å². The summed E-state index contributed by atoms with van der Waals surface area (Å²) in [4.78, 5) is 18.2. The van der Waals surface area contributed by atoms with Crippen molar-refractivity contribution in [3.05, 3.63) is 87.7 Å². The van der Waals surface area contributed by atoms with Crippen LogP contribution in [0.4, 0.5) is 5.69 Å². The number of rotatable bonds is 6. The molecule has 3 rings (SSSR count). The number of anilines is 1. The molecule has 0 saturated heterocycles. The summed E-state index contributed by atoms with van der Waals surface area (Å²) >= 11 is 12.3. The second-order valence-corrected chi connectivity index (χ2v) is 9.22. The minimum Gasteiger partial charge on any atom is -0.337 e. The van der Waals surface area contributed by atoms with Crippen molar-refractivity contribution in [2.75, 3.05) is 11.8 Å². The highest BCUT2D eigenvalue weighted by atomic mass is 35.5. The third-order valence-electron chi connectivity index (χ3n) is 4.42. The van der Waals surface area contributed by atoms with E-state index in [9.17, 15) is 13.2 Å². The molecule has 2 aromatic carbocycles. The van der Waals surface area contributed by atoms with E-state index in [4.69, 9.17) is 23.2 Å². The zero-order valence-electron chi connectivity index (χ0n) is 16.3. The summed E-state index contributed by atoms with van der Waals surface area (Å²) in [5.41, 5.74) is 2.14. The summed E-state index contributed by atoms with van der Waals surface area (Å²) in [5, 5.41) is 0.610. The second-order valence-electron chi connectivity index (χ2n) is 6.73. The van der Waals surface area contributed by atoms with Crippen LogP contribution in [0.5, 0.6) is 0 Å². The van der Waals surface area contributed by atoms with Gasteiger partial charge in [-0.15, -0.1) is 0 Å². The lowest BCUT2D eigenvalue weighted by Crippen LogP contribution is -2.27. The summed E-state index contributed by atoms with van der Waals surface area (Å²) < 4.78 is 28.1. The molecule has 0 spiro atoms. The largest absolute Gasteiger partial charge is 0.337 e. The van der Waals surface area contributed by atoms with Gasteiger partial charge in [0.15, 0.2) is 0 Å². The predicted molar refractivity (Wildman–Crippen MR) is 118 cm³/mol. The average Bonchev–Trinajstić information content (AvgIpc) is 2.71. The number of amides is 1. The molecule has 0 bridgehead atoms. The molecule has 156 valence electrons. The predicted octanol–water partition coefficient (Wildman–Crippen LogP) is 4.77. The first kappa shape index (κ1) is 22.1. The monoisotopic (exact) mass is 463 g/mol. The molecule has 0 unspecified atom stereocenters. The van der Waals surface area contributed by atoms with Crippen LogP contribution in [0, 0.1) is 6.92 Å². The summed E-state index contributed by atoms with van der Waals surface area (Å²) in [6.45, 7) is 2.15. The Kier molecular flexibility index (Phi) is 6.65. The van der Waals surface area contributed by atoms with E-state index in [2.05, 4.69) is 9.71 Å². The van der Waals surface area contributed by atoms with E-state index in [1.807, 2.05) is 6.92 Å². The van der Waals surface area contributed by atoms with Gasteiger partial charge in [0, 0.05) is 31.0 Å². The van der Waals surface area contributed by atoms with Crippen LogP contribution in [0.3, 0.4) is 0 Å². The van der Waals surface area contributed by atoms with Gasteiger partial charge in [0.25, 0.3) is 15.9 Å². The Bertz CT molecular complexity index is 1190. The van der Waals surface area contributed by atoms with E-state index in [0.29, 0.717) is 17.3 Å². The summed E-state index contributed by atoms with van der Waals surface area (Å²) in [6.07, 6.45) is 3.27. The normalized spacial score (nSPS) is 11.2. The molecule has 1 N–H and O–H groups in total. The second kappa shape index (κ2) is 9.04. The molecule has 1 amide bonds. The maximum atomic E-state index is 12.9. The lowest BCUT2D eigenvalue weighted by atomic mass is 10.2. The molecule has 0 fully saturated rings. The fourth-order valence-corrected chi connectivity index (χ4v) is 4.20. The van der Waals surface area contributed by atoms with Gasteiger partial charge in [-0.3, -0.25) is 14.5 Å². The quantitative estimate of drug-likeness (QED) is 0.570. The fourth-order valence-electron chi connectivity index (χ4n) is 2.75. The number of benzene rings is 2. The van der Waals surface area contributed by atoms with E-state index < -0.39 is 15.9 Å². The van der Waals surface area contributed by atoms with Crippen molar-refractivity contribution in [3.63, 3.8) is 0 Å². The van der Waals surface area contributed by atoms with Gasteiger partial charge < -0.3 is 4.90 Å². The van der Waals surface area contributed by atoms with Crippen LogP contribution in [0.15, 0.2) is 65.8 Å². The average molecular weight is 464 g/mol. The Morgan fingerprint density at radius 3 is 2.40 bits per heavy atom. The minimum atomic E-state index is -3.95. The smallest absolute Gasteiger partial charge is 0.261 e. The van der Waals surface area contributed by atoms with Gasteiger partial charge >= 0.3 is 0 Å². The van der Waals surface area contributed by atoms with E-state index in [-0.39, 0.29) is 15.5 Å². The number of carbonyl (C=O) groups is 1. The zero-order valence-corrected chi connectivity index (χ0v) is 18.6. The standard InChI is InChI=1S/C21H19Cl2N3O3S/c1-14-3-4-16(11-20(14)23)25-30(28,29)17-5-6-19(22)18(12-17)21(27)26(2)13-15-7-9-24-10-8-15/h3-12,25H,13H2,1-2H3. The highest BCUT2D eigenvalue weighted by molar-refractivity contribution is 7.92. The molecule has 30 heavy (non-hydrogen) atoms. The Labute approximate surface area is 185 Å². The maximum Gasteiger partial charge on any atom is 0.261 e. The van der Waals surface area contributed by atoms with E-state index >= 15 is 0 Å². The third-order valence-corrected chi connectivity index (χ3v) is 6.53.